The SMILES string of the molecule is Cc1cccc(F)c1-n1c(=S)[nH]c2c(C)ccnc21. The van der Waals surface area contributed by atoms with E-state index in [1.165, 1.54) is 6.07 Å². The summed E-state index contributed by atoms with van der Waals surface area (Å²) in [5, 5.41) is 0. The summed E-state index contributed by atoms with van der Waals surface area (Å²) >= 11 is 5.31. The standard InChI is InChI=1S/C14H12FN3S/c1-8-6-7-16-13-11(8)17-14(19)18(13)12-9(2)4-3-5-10(12)15/h3-7H,1-2H3,(H,17,19). The average molecular weight is 273 g/mol. The summed E-state index contributed by atoms with van der Waals surface area (Å²) in [7, 11) is 0. The van der Waals surface area contributed by atoms with Gasteiger partial charge in [-0.3, -0.25) is 4.57 Å². The minimum atomic E-state index is -0.305. The number of aromatic nitrogens is 3. The van der Waals surface area contributed by atoms with E-state index < -0.39 is 0 Å². The molecular weight excluding hydrogens is 261 g/mol. The van der Waals surface area contributed by atoms with Crippen molar-refractivity contribution in [2.45, 2.75) is 13.8 Å². The number of para-hydroxylation sites is 1. The maximum absolute atomic E-state index is 14.1. The molecule has 1 aromatic carbocycles. The van der Waals surface area contributed by atoms with Crippen LogP contribution in [0.1, 0.15) is 11.1 Å². The van der Waals surface area contributed by atoms with Crippen LogP contribution in [0.25, 0.3) is 16.9 Å². The lowest BCUT2D eigenvalue weighted by molar-refractivity contribution is 0.617. The molecule has 0 unspecified atom stereocenters. The summed E-state index contributed by atoms with van der Waals surface area (Å²) < 4.78 is 16.2. The van der Waals surface area contributed by atoms with Gasteiger partial charge in [-0.05, 0) is 49.3 Å². The maximum atomic E-state index is 14.1. The second kappa shape index (κ2) is 4.28. The first kappa shape index (κ1) is 12.0. The molecule has 96 valence electrons. The average Bonchev–Trinajstić information content (AvgIpc) is 2.68. The lowest BCUT2D eigenvalue weighted by Gasteiger charge is -2.08. The molecule has 0 aliphatic heterocycles. The van der Waals surface area contributed by atoms with Gasteiger partial charge in [0.2, 0.25) is 0 Å². The molecule has 2 aromatic heterocycles. The molecule has 0 saturated heterocycles. The number of rotatable bonds is 1. The molecule has 19 heavy (non-hydrogen) atoms. The van der Waals surface area contributed by atoms with Crippen LogP contribution < -0.4 is 0 Å². The highest BCUT2D eigenvalue weighted by atomic mass is 32.1. The van der Waals surface area contributed by atoms with E-state index in [0.29, 0.717) is 16.1 Å². The van der Waals surface area contributed by atoms with Gasteiger partial charge in [0.25, 0.3) is 0 Å². The van der Waals surface area contributed by atoms with E-state index in [9.17, 15) is 4.39 Å². The van der Waals surface area contributed by atoms with Gasteiger partial charge in [0.15, 0.2) is 10.4 Å². The molecular formula is C14H12FN3S. The Kier molecular flexibility index (Phi) is 2.71. The second-order valence-electron chi connectivity index (χ2n) is 4.50. The van der Waals surface area contributed by atoms with Gasteiger partial charge in [-0.1, -0.05) is 12.1 Å². The topological polar surface area (TPSA) is 33.6 Å². The highest BCUT2D eigenvalue weighted by Crippen LogP contribution is 2.24. The summed E-state index contributed by atoms with van der Waals surface area (Å²) in [4.78, 5) is 7.42. The van der Waals surface area contributed by atoms with Crippen molar-refractivity contribution in [2.75, 3.05) is 0 Å². The third-order valence-corrected chi connectivity index (χ3v) is 3.48. The van der Waals surface area contributed by atoms with Crippen LogP contribution in [-0.4, -0.2) is 14.5 Å². The van der Waals surface area contributed by atoms with E-state index in [1.807, 2.05) is 26.0 Å². The van der Waals surface area contributed by atoms with Crippen LogP contribution in [0.4, 0.5) is 4.39 Å². The number of fused-ring (bicyclic) bond motifs is 1. The molecule has 0 spiro atoms. The van der Waals surface area contributed by atoms with E-state index in [1.54, 1.807) is 16.8 Å². The number of aromatic amines is 1. The first-order chi connectivity index (χ1) is 9.09. The van der Waals surface area contributed by atoms with Crippen molar-refractivity contribution in [2.24, 2.45) is 0 Å². The largest absolute Gasteiger partial charge is 0.329 e. The molecule has 0 bridgehead atoms. The van der Waals surface area contributed by atoms with E-state index in [4.69, 9.17) is 12.2 Å². The van der Waals surface area contributed by atoms with Crippen molar-refractivity contribution in [1.82, 2.24) is 14.5 Å². The fourth-order valence-corrected chi connectivity index (χ4v) is 2.52. The zero-order valence-corrected chi connectivity index (χ0v) is 11.4. The van der Waals surface area contributed by atoms with Crippen LogP contribution in [0.3, 0.4) is 0 Å². The number of H-pyrrole nitrogens is 1. The smallest absolute Gasteiger partial charge is 0.184 e. The number of halogens is 1. The number of nitrogens with one attached hydrogen (secondary N) is 1. The number of nitrogens with zero attached hydrogens (tertiary/aromatic N) is 2. The molecule has 3 aromatic rings. The van der Waals surface area contributed by atoms with Crippen molar-refractivity contribution in [3.05, 3.63) is 52.2 Å². The Morgan fingerprint density at radius 2 is 2.00 bits per heavy atom. The van der Waals surface area contributed by atoms with Crippen LogP contribution in [0.2, 0.25) is 0 Å². The fourth-order valence-electron chi connectivity index (χ4n) is 2.24. The van der Waals surface area contributed by atoms with Crippen LogP contribution in [0.15, 0.2) is 30.5 Å². The van der Waals surface area contributed by atoms with Crippen molar-refractivity contribution >= 4 is 23.4 Å². The van der Waals surface area contributed by atoms with Gasteiger partial charge >= 0.3 is 0 Å². The summed E-state index contributed by atoms with van der Waals surface area (Å²) in [5.41, 5.74) is 3.80. The summed E-state index contributed by atoms with van der Waals surface area (Å²) in [6, 6.07) is 6.87. The zero-order chi connectivity index (χ0) is 13.6. The van der Waals surface area contributed by atoms with Gasteiger partial charge in [-0.25, -0.2) is 9.37 Å². The minimum absolute atomic E-state index is 0.305. The van der Waals surface area contributed by atoms with Crippen molar-refractivity contribution in [3.63, 3.8) is 0 Å². The first-order valence-electron chi connectivity index (χ1n) is 5.91. The molecule has 0 aliphatic rings. The molecule has 0 fully saturated rings. The Balaban J connectivity index is 2.47. The van der Waals surface area contributed by atoms with Crippen molar-refractivity contribution < 1.29 is 4.39 Å². The Bertz CT molecular complexity index is 812. The van der Waals surface area contributed by atoms with Crippen LogP contribution in [-0.2, 0) is 0 Å². The normalized spacial score (nSPS) is 11.1. The van der Waals surface area contributed by atoms with Crippen LogP contribution in [0, 0.1) is 24.4 Å². The number of benzene rings is 1. The predicted molar refractivity (Wildman–Crippen MR) is 75.7 cm³/mol. The Labute approximate surface area is 114 Å². The lowest BCUT2D eigenvalue weighted by atomic mass is 10.2. The number of hydrogen-bond donors (Lipinski definition) is 1. The van der Waals surface area contributed by atoms with Crippen molar-refractivity contribution in [1.29, 1.82) is 0 Å². The summed E-state index contributed by atoms with van der Waals surface area (Å²) in [6.07, 6.45) is 1.70. The number of aryl methyl sites for hydroxylation is 2. The van der Waals surface area contributed by atoms with Gasteiger partial charge < -0.3 is 4.98 Å². The Morgan fingerprint density at radius 1 is 1.21 bits per heavy atom. The molecule has 1 N–H and O–H groups in total. The highest BCUT2D eigenvalue weighted by molar-refractivity contribution is 7.71. The Morgan fingerprint density at radius 3 is 2.74 bits per heavy atom. The first-order valence-corrected chi connectivity index (χ1v) is 6.32. The monoisotopic (exact) mass is 273 g/mol. The van der Waals surface area contributed by atoms with Gasteiger partial charge in [-0.2, -0.15) is 0 Å². The van der Waals surface area contributed by atoms with Gasteiger partial charge in [0.1, 0.15) is 5.82 Å². The molecule has 0 atom stereocenters. The molecule has 0 amide bonds. The van der Waals surface area contributed by atoms with E-state index in [-0.39, 0.29) is 5.82 Å². The third-order valence-electron chi connectivity index (χ3n) is 3.20. The van der Waals surface area contributed by atoms with Gasteiger partial charge in [0, 0.05) is 6.20 Å². The van der Waals surface area contributed by atoms with E-state index in [0.717, 1.165) is 16.6 Å². The number of pyridine rings is 1. The molecule has 0 saturated carbocycles. The zero-order valence-electron chi connectivity index (χ0n) is 10.6. The minimum Gasteiger partial charge on any atom is -0.329 e. The second-order valence-corrected chi connectivity index (χ2v) is 4.88. The van der Waals surface area contributed by atoms with Crippen LogP contribution in [0.5, 0.6) is 0 Å². The Hall–Kier alpha value is -2.01. The summed E-state index contributed by atoms with van der Waals surface area (Å²) in [6.45, 7) is 3.82. The van der Waals surface area contributed by atoms with Crippen molar-refractivity contribution in [3.8, 4) is 5.69 Å². The highest BCUT2D eigenvalue weighted by Gasteiger charge is 2.14. The van der Waals surface area contributed by atoms with Gasteiger partial charge in [-0.15, -0.1) is 0 Å². The number of imidazole rings is 1. The third kappa shape index (κ3) is 1.77. The molecule has 5 heteroatoms. The van der Waals surface area contributed by atoms with Crippen LogP contribution >= 0.6 is 12.2 Å². The summed E-state index contributed by atoms with van der Waals surface area (Å²) in [5.74, 6) is -0.305. The van der Waals surface area contributed by atoms with E-state index >= 15 is 0 Å². The predicted octanol–water partition coefficient (Wildman–Crippen LogP) is 3.84. The maximum Gasteiger partial charge on any atom is 0.184 e. The van der Waals surface area contributed by atoms with Gasteiger partial charge in [0.05, 0.1) is 11.2 Å². The van der Waals surface area contributed by atoms with E-state index in [2.05, 4.69) is 9.97 Å². The quantitative estimate of drug-likeness (QED) is 0.683. The molecule has 3 nitrogen and oxygen atoms in total. The lowest BCUT2D eigenvalue weighted by Crippen LogP contribution is -2.01. The number of hydrogen-bond acceptors (Lipinski definition) is 2. The molecule has 3 rings (SSSR count). The fraction of sp³-hybridized carbons (Fsp3) is 0.143. The molecule has 2 heterocycles. The molecule has 0 radical (unpaired) electrons. The molecule has 0 aliphatic carbocycles.